The summed E-state index contributed by atoms with van der Waals surface area (Å²) in [4.78, 5) is 24.6. The van der Waals surface area contributed by atoms with Crippen LogP contribution in [0.2, 0.25) is 0 Å². The van der Waals surface area contributed by atoms with Crippen LogP contribution in [-0.2, 0) is 22.6 Å². The van der Waals surface area contributed by atoms with Crippen LogP contribution < -0.4 is 15.4 Å². The Morgan fingerprint density at radius 3 is 2.77 bits per heavy atom. The summed E-state index contributed by atoms with van der Waals surface area (Å²) in [5, 5.41) is 11.2. The lowest BCUT2D eigenvalue weighted by Crippen LogP contribution is -2.69. The molecule has 6 nitrogen and oxygen atoms in total. The maximum atomic E-state index is 11.8. The van der Waals surface area contributed by atoms with Crippen LogP contribution in [-0.4, -0.2) is 33.9 Å². The first-order valence-electron chi connectivity index (χ1n) is 7.14. The molecule has 1 fully saturated rings. The number of fused-ring (bicyclic) bond motifs is 1. The Kier molecular flexibility index (Phi) is 3.92. The Balaban J connectivity index is 1.89. The number of carboxylic acids is 1. The Hall–Kier alpha value is -1.86. The van der Waals surface area contributed by atoms with Gasteiger partial charge in [-0.2, -0.15) is 0 Å². The average molecular weight is 319 g/mol. The summed E-state index contributed by atoms with van der Waals surface area (Å²) in [5.74, 6) is -1.12. The summed E-state index contributed by atoms with van der Waals surface area (Å²) in [6.45, 7) is 2.50. The molecule has 0 spiro atoms. The number of β-lactam (4-membered cyclic amide) rings is 1. The van der Waals surface area contributed by atoms with Crippen molar-refractivity contribution in [2.75, 3.05) is 5.75 Å². The van der Waals surface area contributed by atoms with Gasteiger partial charge in [0, 0.05) is 23.5 Å². The third-order valence-electron chi connectivity index (χ3n) is 4.02. The van der Waals surface area contributed by atoms with Crippen molar-refractivity contribution >= 4 is 23.6 Å². The largest absolute Gasteiger partial charge is 0.543 e. The first-order valence-corrected chi connectivity index (χ1v) is 8.19. The topological polar surface area (TPSA) is 90.3 Å². The number of aryl methyl sites for hydroxylation is 1. The number of nitrogens with two attached hydrogens (primary N) is 1. The predicted molar refractivity (Wildman–Crippen MR) is 79.1 cm³/mol. The molecule has 0 aromatic carbocycles. The number of hydrogen-bond acceptors (Lipinski definition) is 5. The molecule has 0 bridgehead atoms. The van der Waals surface area contributed by atoms with E-state index in [-0.39, 0.29) is 17.0 Å². The molecule has 0 saturated carbocycles. The van der Waals surface area contributed by atoms with Gasteiger partial charge in [-0.1, -0.05) is 6.92 Å². The molecule has 2 aliphatic heterocycles. The monoisotopic (exact) mass is 319 g/mol. The Morgan fingerprint density at radius 1 is 1.50 bits per heavy atom. The van der Waals surface area contributed by atoms with Crippen molar-refractivity contribution in [3.8, 4) is 0 Å². The molecule has 2 atom stereocenters. The molecule has 7 heteroatoms. The number of amides is 1. The second kappa shape index (κ2) is 5.73. The van der Waals surface area contributed by atoms with Crippen LogP contribution in [0.5, 0.6) is 0 Å². The summed E-state index contributed by atoms with van der Waals surface area (Å²) in [6.07, 6.45) is 4.78. The lowest BCUT2D eigenvalue weighted by molar-refractivity contribution is -0.689. The highest BCUT2D eigenvalue weighted by atomic mass is 32.2. The molecule has 1 aromatic rings. The fourth-order valence-corrected chi connectivity index (χ4v) is 4.02. The number of nitrogens with zero attached hydrogens (tertiary/aromatic N) is 2. The summed E-state index contributed by atoms with van der Waals surface area (Å²) >= 11 is 1.50. The summed E-state index contributed by atoms with van der Waals surface area (Å²) in [5.41, 5.74) is 7.60. The van der Waals surface area contributed by atoms with Gasteiger partial charge < -0.3 is 15.6 Å². The summed E-state index contributed by atoms with van der Waals surface area (Å²) in [6, 6.07) is 3.39. The zero-order valence-corrected chi connectivity index (χ0v) is 13.0. The van der Waals surface area contributed by atoms with Crippen LogP contribution in [0.1, 0.15) is 12.5 Å². The number of carbonyl (C=O) groups is 2. The maximum absolute atomic E-state index is 11.8. The predicted octanol–water partition coefficient (Wildman–Crippen LogP) is -1.22. The fourth-order valence-electron chi connectivity index (χ4n) is 2.74. The van der Waals surface area contributed by atoms with E-state index < -0.39 is 12.0 Å². The molecule has 3 rings (SSSR count). The van der Waals surface area contributed by atoms with Crippen molar-refractivity contribution in [3.63, 3.8) is 0 Å². The van der Waals surface area contributed by atoms with Gasteiger partial charge >= 0.3 is 0 Å². The zero-order valence-electron chi connectivity index (χ0n) is 12.2. The third-order valence-corrected chi connectivity index (χ3v) is 5.38. The molecule has 3 heterocycles. The van der Waals surface area contributed by atoms with E-state index >= 15 is 0 Å². The van der Waals surface area contributed by atoms with Crippen molar-refractivity contribution in [2.24, 2.45) is 5.73 Å². The minimum absolute atomic E-state index is 0.0116. The molecule has 2 aliphatic rings. The lowest BCUT2D eigenvalue weighted by atomic mass is 10.0. The molecule has 1 saturated heterocycles. The molecule has 0 aliphatic carbocycles. The van der Waals surface area contributed by atoms with Gasteiger partial charge in [-0.15, -0.1) is 11.8 Å². The van der Waals surface area contributed by atoms with Gasteiger partial charge in [-0.05, 0) is 12.0 Å². The molecule has 2 N–H and O–H groups in total. The van der Waals surface area contributed by atoms with E-state index in [9.17, 15) is 14.7 Å². The van der Waals surface area contributed by atoms with Crippen LogP contribution in [0.4, 0.5) is 0 Å². The van der Waals surface area contributed by atoms with E-state index in [4.69, 9.17) is 5.73 Å². The smallest absolute Gasteiger partial charge is 0.248 e. The number of aliphatic carboxylic acids is 1. The highest BCUT2D eigenvalue weighted by Gasteiger charge is 2.50. The first kappa shape index (κ1) is 15.1. The quantitative estimate of drug-likeness (QED) is 0.555. The van der Waals surface area contributed by atoms with Gasteiger partial charge in [0.25, 0.3) is 0 Å². The fraction of sp³-hybridized carbons (Fsp3) is 0.400. The van der Waals surface area contributed by atoms with E-state index in [0.29, 0.717) is 17.9 Å². The lowest BCUT2D eigenvalue weighted by Gasteiger charge is -2.49. The van der Waals surface area contributed by atoms with Crippen LogP contribution in [0, 0.1) is 0 Å². The van der Waals surface area contributed by atoms with Gasteiger partial charge in [-0.3, -0.25) is 9.69 Å². The Bertz CT molecular complexity index is 657. The number of carbonyl (C=O) groups excluding carboxylic acids is 2. The minimum Gasteiger partial charge on any atom is -0.543 e. The minimum atomic E-state index is -1.31. The van der Waals surface area contributed by atoms with Gasteiger partial charge in [0.1, 0.15) is 11.4 Å². The third kappa shape index (κ3) is 2.40. The molecule has 22 heavy (non-hydrogen) atoms. The number of carboxylic acid groups (broad SMARTS) is 1. The van der Waals surface area contributed by atoms with Crippen molar-refractivity contribution in [3.05, 3.63) is 41.4 Å². The second-order valence-corrected chi connectivity index (χ2v) is 6.51. The molecule has 116 valence electrons. The van der Waals surface area contributed by atoms with Crippen molar-refractivity contribution in [2.45, 2.75) is 31.3 Å². The number of aromatic nitrogens is 1. The maximum Gasteiger partial charge on any atom is 0.248 e. The van der Waals surface area contributed by atoms with Crippen molar-refractivity contribution < 1.29 is 19.3 Å². The number of thioether (sulfide) groups is 1. The average Bonchev–Trinajstić information content (AvgIpc) is 2.54. The standard InChI is InChI=1S/C15H17N3O3S/c1-2-9-3-5-17(6-4-9)7-10-8-22-14-11(16)13(19)18(14)12(10)15(20)21/h3-6,11,14H,2,7-8,16H2,1H3. The van der Waals surface area contributed by atoms with E-state index in [1.807, 2.05) is 29.1 Å². The summed E-state index contributed by atoms with van der Waals surface area (Å²) < 4.78 is 1.91. The van der Waals surface area contributed by atoms with Gasteiger partial charge in [-0.25, -0.2) is 4.57 Å². The second-order valence-electron chi connectivity index (χ2n) is 5.41. The highest BCUT2D eigenvalue weighted by Crippen LogP contribution is 2.39. The van der Waals surface area contributed by atoms with Gasteiger partial charge in [0.15, 0.2) is 18.9 Å². The van der Waals surface area contributed by atoms with Crippen molar-refractivity contribution in [1.82, 2.24) is 4.90 Å². The van der Waals surface area contributed by atoms with Crippen LogP contribution in [0.3, 0.4) is 0 Å². The molecular weight excluding hydrogens is 302 g/mol. The summed E-state index contributed by atoms with van der Waals surface area (Å²) in [7, 11) is 0. The first-order chi connectivity index (χ1) is 10.5. The van der Waals surface area contributed by atoms with E-state index in [2.05, 4.69) is 6.92 Å². The Labute approximate surface area is 132 Å². The Morgan fingerprint density at radius 2 is 2.18 bits per heavy atom. The normalized spacial score (nSPS) is 24.1. The SMILES string of the molecule is CCc1cc[n+](CC2=C(C(=O)[O-])N3C(=O)C(N)C3SC2)cc1. The number of pyridine rings is 1. The molecular formula is C15H17N3O3S. The van der Waals surface area contributed by atoms with Gasteiger partial charge in [0.2, 0.25) is 5.91 Å². The van der Waals surface area contributed by atoms with Crippen molar-refractivity contribution in [1.29, 1.82) is 0 Å². The molecule has 1 aromatic heterocycles. The van der Waals surface area contributed by atoms with Crippen LogP contribution in [0.15, 0.2) is 35.8 Å². The van der Waals surface area contributed by atoms with Gasteiger partial charge in [0.05, 0.1) is 11.7 Å². The number of hydrogen-bond donors (Lipinski definition) is 1. The molecule has 1 amide bonds. The van der Waals surface area contributed by atoms with E-state index in [0.717, 1.165) is 6.42 Å². The highest BCUT2D eigenvalue weighted by molar-refractivity contribution is 8.00. The van der Waals surface area contributed by atoms with E-state index in [1.165, 1.54) is 22.2 Å². The van der Waals surface area contributed by atoms with E-state index in [1.54, 1.807) is 0 Å². The number of rotatable bonds is 4. The molecule has 0 radical (unpaired) electrons. The molecule has 2 unspecified atom stereocenters. The zero-order chi connectivity index (χ0) is 15.9. The van der Waals surface area contributed by atoms with Crippen LogP contribution in [0.25, 0.3) is 0 Å². The van der Waals surface area contributed by atoms with Crippen LogP contribution >= 0.6 is 11.8 Å².